The van der Waals surface area contributed by atoms with Crippen molar-refractivity contribution >= 4 is 5.91 Å². The lowest BCUT2D eigenvalue weighted by atomic mass is 10.0. The Labute approximate surface area is 138 Å². The Bertz CT molecular complexity index is 659. The molecule has 0 spiro atoms. The van der Waals surface area contributed by atoms with Crippen LogP contribution in [0.25, 0.3) is 5.69 Å². The number of carbonyl (C=O) groups is 1. The lowest BCUT2D eigenvalue weighted by Crippen LogP contribution is -2.36. The van der Waals surface area contributed by atoms with E-state index >= 15 is 0 Å². The van der Waals surface area contributed by atoms with Crippen LogP contribution in [-0.2, 0) is 11.2 Å². The Balaban J connectivity index is 2.07. The molecule has 1 aromatic carbocycles. The summed E-state index contributed by atoms with van der Waals surface area (Å²) >= 11 is 0. The minimum absolute atomic E-state index is 0.109. The zero-order chi connectivity index (χ0) is 17.0. The van der Waals surface area contributed by atoms with E-state index in [9.17, 15) is 4.79 Å². The Morgan fingerprint density at radius 1 is 1.17 bits per heavy atom. The summed E-state index contributed by atoms with van der Waals surface area (Å²) in [6, 6.07) is 10.3. The summed E-state index contributed by atoms with van der Waals surface area (Å²) in [5.74, 6) is 0.556. The summed E-state index contributed by atoms with van der Waals surface area (Å²) in [5, 5.41) is 7.69. The number of carbonyl (C=O) groups excluding carboxylic acids is 1. The number of nitrogens with one attached hydrogen (secondary N) is 1. The van der Waals surface area contributed by atoms with Crippen molar-refractivity contribution < 1.29 is 4.79 Å². The van der Waals surface area contributed by atoms with E-state index < -0.39 is 0 Å². The molecular weight excluding hydrogens is 286 g/mol. The van der Waals surface area contributed by atoms with Gasteiger partial charge in [0.15, 0.2) is 0 Å². The van der Waals surface area contributed by atoms with Gasteiger partial charge in [0.05, 0.1) is 11.4 Å². The van der Waals surface area contributed by atoms with Crippen molar-refractivity contribution in [2.24, 2.45) is 5.92 Å². The quantitative estimate of drug-likeness (QED) is 0.886. The van der Waals surface area contributed by atoms with Crippen molar-refractivity contribution in [1.82, 2.24) is 15.1 Å². The third kappa shape index (κ3) is 4.21. The monoisotopic (exact) mass is 313 g/mol. The predicted molar refractivity (Wildman–Crippen MR) is 93.8 cm³/mol. The molecule has 0 saturated heterocycles. The van der Waals surface area contributed by atoms with Crippen LogP contribution in [0.15, 0.2) is 30.3 Å². The molecule has 1 atom stereocenters. The zero-order valence-electron chi connectivity index (χ0n) is 14.8. The van der Waals surface area contributed by atoms with Crippen LogP contribution >= 0.6 is 0 Å². The number of para-hydroxylation sites is 1. The van der Waals surface area contributed by atoms with Crippen molar-refractivity contribution in [3.63, 3.8) is 0 Å². The summed E-state index contributed by atoms with van der Waals surface area (Å²) in [4.78, 5) is 12.1. The predicted octanol–water partition coefficient (Wildman–Crippen LogP) is 3.58. The van der Waals surface area contributed by atoms with E-state index in [4.69, 9.17) is 0 Å². The van der Waals surface area contributed by atoms with Crippen molar-refractivity contribution in [2.75, 3.05) is 0 Å². The van der Waals surface area contributed by atoms with Crippen LogP contribution in [0.1, 0.15) is 44.1 Å². The molecule has 4 nitrogen and oxygen atoms in total. The van der Waals surface area contributed by atoms with E-state index in [0.29, 0.717) is 12.3 Å². The van der Waals surface area contributed by atoms with E-state index in [1.54, 1.807) is 0 Å². The number of hydrogen-bond acceptors (Lipinski definition) is 2. The second-order valence-electron chi connectivity index (χ2n) is 6.50. The highest BCUT2D eigenvalue weighted by molar-refractivity contribution is 5.76. The molecule has 0 saturated carbocycles. The van der Waals surface area contributed by atoms with Gasteiger partial charge in [0.1, 0.15) is 0 Å². The number of aromatic nitrogens is 2. The highest BCUT2D eigenvalue weighted by Crippen LogP contribution is 2.19. The summed E-state index contributed by atoms with van der Waals surface area (Å²) < 4.78 is 1.96. The SMILES string of the molecule is Cc1nn(-c2ccccc2)c(C)c1CCC(=O)NC(C)C(C)C. The summed E-state index contributed by atoms with van der Waals surface area (Å²) in [6.45, 7) is 10.4. The number of hydrogen-bond donors (Lipinski definition) is 1. The molecule has 1 unspecified atom stereocenters. The molecule has 0 aliphatic heterocycles. The molecule has 2 aromatic rings. The van der Waals surface area contributed by atoms with Gasteiger partial charge in [0.25, 0.3) is 0 Å². The molecule has 2 rings (SSSR count). The van der Waals surface area contributed by atoms with Crippen molar-refractivity contribution in [1.29, 1.82) is 0 Å². The van der Waals surface area contributed by atoms with Gasteiger partial charge in [-0.15, -0.1) is 0 Å². The van der Waals surface area contributed by atoms with Crippen LogP contribution in [0, 0.1) is 19.8 Å². The molecule has 23 heavy (non-hydrogen) atoms. The third-order valence-corrected chi connectivity index (χ3v) is 4.43. The van der Waals surface area contributed by atoms with Crippen LogP contribution in [0.4, 0.5) is 0 Å². The maximum absolute atomic E-state index is 12.1. The molecule has 1 aromatic heterocycles. The first-order chi connectivity index (χ1) is 10.9. The molecule has 4 heteroatoms. The number of nitrogens with zero attached hydrogens (tertiary/aromatic N) is 2. The molecule has 0 fully saturated rings. The fourth-order valence-corrected chi connectivity index (χ4v) is 2.59. The molecular formula is C19H27N3O. The van der Waals surface area contributed by atoms with Gasteiger partial charge < -0.3 is 5.32 Å². The lowest BCUT2D eigenvalue weighted by molar-refractivity contribution is -0.121. The van der Waals surface area contributed by atoms with E-state index in [1.807, 2.05) is 48.9 Å². The standard InChI is InChI=1S/C19H27N3O/c1-13(2)14(3)20-19(23)12-11-18-15(4)21-22(16(18)5)17-9-7-6-8-10-17/h6-10,13-14H,11-12H2,1-5H3,(H,20,23). The molecule has 124 valence electrons. The lowest BCUT2D eigenvalue weighted by Gasteiger charge is -2.17. The molecule has 0 aliphatic rings. The van der Waals surface area contributed by atoms with Gasteiger partial charge >= 0.3 is 0 Å². The minimum Gasteiger partial charge on any atom is -0.353 e. The van der Waals surface area contributed by atoms with Gasteiger partial charge in [0.2, 0.25) is 5.91 Å². The van der Waals surface area contributed by atoms with E-state index in [0.717, 1.165) is 23.5 Å². The van der Waals surface area contributed by atoms with Gasteiger partial charge in [-0.1, -0.05) is 32.0 Å². The molecule has 1 N–H and O–H groups in total. The largest absolute Gasteiger partial charge is 0.353 e. The first-order valence-corrected chi connectivity index (χ1v) is 8.30. The Morgan fingerprint density at radius 3 is 2.43 bits per heavy atom. The Kier molecular flexibility index (Phi) is 5.59. The Hall–Kier alpha value is -2.10. The van der Waals surface area contributed by atoms with Crippen LogP contribution in [0.3, 0.4) is 0 Å². The number of benzene rings is 1. The zero-order valence-corrected chi connectivity index (χ0v) is 14.8. The summed E-state index contributed by atoms with van der Waals surface area (Å²) in [5.41, 5.74) is 4.33. The maximum atomic E-state index is 12.1. The van der Waals surface area contributed by atoms with Crippen molar-refractivity contribution in [2.45, 2.75) is 53.5 Å². The minimum atomic E-state index is 0.109. The van der Waals surface area contributed by atoms with Gasteiger partial charge in [-0.2, -0.15) is 5.10 Å². The topological polar surface area (TPSA) is 46.9 Å². The number of amides is 1. The van der Waals surface area contributed by atoms with Gasteiger partial charge in [0, 0.05) is 18.2 Å². The summed E-state index contributed by atoms with van der Waals surface area (Å²) in [7, 11) is 0. The molecule has 0 bridgehead atoms. The number of rotatable bonds is 6. The third-order valence-electron chi connectivity index (χ3n) is 4.43. The molecule has 0 aliphatic carbocycles. The van der Waals surface area contributed by atoms with Gasteiger partial charge in [-0.3, -0.25) is 4.79 Å². The average molecular weight is 313 g/mol. The van der Waals surface area contributed by atoms with Crippen LogP contribution in [0.5, 0.6) is 0 Å². The van der Waals surface area contributed by atoms with Crippen molar-refractivity contribution in [3.8, 4) is 5.69 Å². The maximum Gasteiger partial charge on any atom is 0.220 e. The fraction of sp³-hybridized carbons (Fsp3) is 0.474. The fourth-order valence-electron chi connectivity index (χ4n) is 2.59. The highest BCUT2D eigenvalue weighted by atomic mass is 16.1. The van der Waals surface area contributed by atoms with Crippen LogP contribution in [-0.4, -0.2) is 21.7 Å². The summed E-state index contributed by atoms with van der Waals surface area (Å²) in [6.07, 6.45) is 1.22. The second-order valence-corrected chi connectivity index (χ2v) is 6.50. The second kappa shape index (κ2) is 7.44. The normalized spacial score (nSPS) is 12.4. The van der Waals surface area contributed by atoms with Gasteiger partial charge in [-0.25, -0.2) is 4.68 Å². The van der Waals surface area contributed by atoms with Crippen LogP contribution < -0.4 is 5.32 Å². The van der Waals surface area contributed by atoms with E-state index in [2.05, 4.69) is 31.2 Å². The number of aryl methyl sites for hydroxylation is 1. The van der Waals surface area contributed by atoms with Gasteiger partial charge in [-0.05, 0) is 50.8 Å². The Morgan fingerprint density at radius 2 is 1.83 bits per heavy atom. The smallest absolute Gasteiger partial charge is 0.220 e. The first kappa shape index (κ1) is 17.3. The van der Waals surface area contributed by atoms with E-state index in [-0.39, 0.29) is 11.9 Å². The molecule has 0 radical (unpaired) electrons. The molecule has 1 amide bonds. The van der Waals surface area contributed by atoms with E-state index in [1.165, 1.54) is 5.56 Å². The average Bonchev–Trinajstić information content (AvgIpc) is 2.80. The highest BCUT2D eigenvalue weighted by Gasteiger charge is 2.15. The molecule has 1 heterocycles. The van der Waals surface area contributed by atoms with Crippen molar-refractivity contribution in [3.05, 3.63) is 47.3 Å². The first-order valence-electron chi connectivity index (χ1n) is 8.30. The van der Waals surface area contributed by atoms with Crippen LogP contribution in [0.2, 0.25) is 0 Å².